The Bertz CT molecular complexity index is 319. The van der Waals surface area contributed by atoms with Crippen molar-refractivity contribution >= 4 is 11.8 Å². The van der Waals surface area contributed by atoms with Gasteiger partial charge in [0.15, 0.2) is 0 Å². The average molecular weight is 237 g/mol. The van der Waals surface area contributed by atoms with Gasteiger partial charge >= 0.3 is 5.97 Å². The molecule has 2 unspecified atom stereocenters. The lowest BCUT2D eigenvalue weighted by atomic mass is 9.87. The van der Waals surface area contributed by atoms with E-state index >= 15 is 0 Å². The number of carbonyl (C=O) groups is 2. The van der Waals surface area contributed by atoms with Crippen LogP contribution in [-0.2, 0) is 14.3 Å². The van der Waals surface area contributed by atoms with Crippen molar-refractivity contribution in [3.05, 3.63) is 0 Å². The van der Waals surface area contributed by atoms with Gasteiger partial charge in [-0.3, -0.25) is 9.59 Å². The summed E-state index contributed by atoms with van der Waals surface area (Å²) in [5, 5.41) is 8.94. The van der Waals surface area contributed by atoms with Crippen molar-refractivity contribution < 1.29 is 14.3 Å². The molecule has 1 rings (SSSR count). The Morgan fingerprint density at radius 1 is 1.29 bits per heavy atom. The van der Waals surface area contributed by atoms with Crippen molar-refractivity contribution in [2.75, 3.05) is 7.11 Å². The minimum atomic E-state index is -0.541. The van der Waals surface area contributed by atoms with Crippen molar-refractivity contribution in [3.8, 4) is 6.07 Å². The second kappa shape index (κ2) is 7.05. The first-order chi connectivity index (χ1) is 8.19. The molecule has 4 nitrogen and oxygen atoms in total. The second-order valence-electron chi connectivity index (χ2n) is 4.54. The average Bonchev–Trinajstić information content (AvgIpc) is 2.35. The van der Waals surface area contributed by atoms with Gasteiger partial charge in [0.25, 0.3) is 0 Å². The van der Waals surface area contributed by atoms with Crippen LogP contribution >= 0.6 is 0 Å². The summed E-state index contributed by atoms with van der Waals surface area (Å²) >= 11 is 0. The van der Waals surface area contributed by atoms with Gasteiger partial charge < -0.3 is 4.74 Å². The lowest BCUT2D eigenvalue weighted by molar-refractivity contribution is -0.146. The van der Waals surface area contributed by atoms with Gasteiger partial charge in [-0.2, -0.15) is 5.26 Å². The van der Waals surface area contributed by atoms with Crippen LogP contribution in [0.3, 0.4) is 0 Å². The fourth-order valence-corrected chi connectivity index (χ4v) is 2.25. The van der Waals surface area contributed by atoms with Gasteiger partial charge in [0.05, 0.1) is 19.1 Å². The Balaban J connectivity index is 2.64. The molecule has 0 spiro atoms. The largest absolute Gasteiger partial charge is 0.469 e. The number of nitrogens with zero attached hydrogens (tertiary/aromatic N) is 1. The third-order valence-electron chi connectivity index (χ3n) is 3.36. The summed E-state index contributed by atoms with van der Waals surface area (Å²) < 4.78 is 4.75. The first-order valence-electron chi connectivity index (χ1n) is 6.19. The molecule has 1 aliphatic rings. The second-order valence-corrected chi connectivity index (χ2v) is 4.54. The number of hydrogen-bond donors (Lipinski definition) is 0. The Morgan fingerprint density at radius 3 is 2.71 bits per heavy atom. The van der Waals surface area contributed by atoms with Crippen LogP contribution in [-0.4, -0.2) is 18.9 Å². The summed E-state index contributed by atoms with van der Waals surface area (Å²) in [6.45, 7) is 0. The van der Waals surface area contributed by atoms with E-state index in [4.69, 9.17) is 10.00 Å². The Labute approximate surface area is 102 Å². The molecule has 0 aromatic heterocycles. The summed E-state index contributed by atoms with van der Waals surface area (Å²) in [4.78, 5) is 23.2. The number of Topliss-reactive ketones (excluding diaryl/α,β-unsaturated/α-hetero) is 1. The molecule has 0 heterocycles. The third-order valence-corrected chi connectivity index (χ3v) is 3.36. The van der Waals surface area contributed by atoms with Crippen LogP contribution < -0.4 is 0 Å². The molecule has 4 heteroatoms. The van der Waals surface area contributed by atoms with E-state index in [9.17, 15) is 9.59 Å². The van der Waals surface area contributed by atoms with Gasteiger partial charge in [0, 0.05) is 6.42 Å². The Morgan fingerprint density at radius 2 is 2.06 bits per heavy atom. The van der Waals surface area contributed by atoms with Gasteiger partial charge in [0.1, 0.15) is 11.7 Å². The lowest BCUT2D eigenvalue weighted by Crippen LogP contribution is -2.21. The van der Waals surface area contributed by atoms with E-state index in [1.165, 1.54) is 7.11 Å². The maximum atomic E-state index is 11.7. The van der Waals surface area contributed by atoms with E-state index in [0.717, 1.165) is 25.7 Å². The molecule has 0 radical (unpaired) electrons. The van der Waals surface area contributed by atoms with E-state index in [0.29, 0.717) is 19.3 Å². The number of esters is 1. The standard InChI is InChI=1S/C13H19NO3/c1-17-13(16)10-5-3-2-4-6-12(15)11(9-14)8-7-10/h10-11H,2-8H2,1H3. The summed E-state index contributed by atoms with van der Waals surface area (Å²) in [6.07, 6.45) is 5.08. The zero-order chi connectivity index (χ0) is 12.7. The van der Waals surface area contributed by atoms with Crippen LogP contribution in [0.5, 0.6) is 0 Å². The molecule has 0 N–H and O–H groups in total. The maximum absolute atomic E-state index is 11.7. The number of hydrogen-bond acceptors (Lipinski definition) is 4. The zero-order valence-electron chi connectivity index (χ0n) is 10.3. The van der Waals surface area contributed by atoms with Crippen molar-refractivity contribution in [2.45, 2.75) is 44.9 Å². The Hall–Kier alpha value is -1.37. The van der Waals surface area contributed by atoms with Crippen molar-refractivity contribution in [2.24, 2.45) is 11.8 Å². The van der Waals surface area contributed by atoms with Gasteiger partial charge in [-0.15, -0.1) is 0 Å². The molecule has 0 aliphatic heterocycles. The molecule has 2 atom stereocenters. The van der Waals surface area contributed by atoms with Crippen LogP contribution in [0.2, 0.25) is 0 Å². The number of nitriles is 1. The van der Waals surface area contributed by atoms with E-state index in [-0.39, 0.29) is 17.7 Å². The first kappa shape index (κ1) is 13.7. The molecule has 94 valence electrons. The summed E-state index contributed by atoms with van der Waals surface area (Å²) in [5.41, 5.74) is 0. The van der Waals surface area contributed by atoms with Gasteiger partial charge in [-0.1, -0.05) is 12.8 Å². The highest BCUT2D eigenvalue weighted by Gasteiger charge is 2.24. The van der Waals surface area contributed by atoms with E-state index < -0.39 is 5.92 Å². The van der Waals surface area contributed by atoms with Crippen molar-refractivity contribution in [1.29, 1.82) is 5.26 Å². The number of ketones is 1. The van der Waals surface area contributed by atoms with Crippen LogP contribution in [0, 0.1) is 23.2 Å². The highest BCUT2D eigenvalue weighted by molar-refractivity contribution is 5.83. The minimum Gasteiger partial charge on any atom is -0.469 e. The summed E-state index contributed by atoms with van der Waals surface area (Å²) in [5.74, 6) is -0.880. The summed E-state index contributed by atoms with van der Waals surface area (Å²) in [7, 11) is 1.38. The predicted octanol–water partition coefficient (Wildman–Crippen LogP) is 2.23. The Kier molecular flexibility index (Phi) is 5.68. The monoisotopic (exact) mass is 237 g/mol. The molecule has 17 heavy (non-hydrogen) atoms. The van der Waals surface area contributed by atoms with Gasteiger partial charge in [-0.05, 0) is 25.7 Å². The van der Waals surface area contributed by atoms with Crippen LogP contribution in [0.4, 0.5) is 0 Å². The van der Waals surface area contributed by atoms with Gasteiger partial charge in [-0.25, -0.2) is 0 Å². The summed E-state index contributed by atoms with van der Waals surface area (Å²) in [6, 6.07) is 2.05. The maximum Gasteiger partial charge on any atom is 0.308 e. The van der Waals surface area contributed by atoms with Crippen molar-refractivity contribution in [1.82, 2.24) is 0 Å². The quantitative estimate of drug-likeness (QED) is 0.656. The van der Waals surface area contributed by atoms with Crippen molar-refractivity contribution in [3.63, 3.8) is 0 Å². The molecule has 0 aromatic carbocycles. The molecule has 0 aromatic rings. The predicted molar refractivity (Wildman–Crippen MR) is 61.9 cm³/mol. The molecular weight excluding hydrogens is 218 g/mol. The van der Waals surface area contributed by atoms with E-state index in [1.54, 1.807) is 0 Å². The van der Waals surface area contributed by atoms with Crippen LogP contribution in [0.1, 0.15) is 44.9 Å². The SMILES string of the molecule is COC(=O)C1CCCCCC(=O)C(C#N)CC1. The van der Waals surface area contributed by atoms with E-state index in [2.05, 4.69) is 0 Å². The topological polar surface area (TPSA) is 67.2 Å². The number of methoxy groups -OCH3 is 1. The highest BCUT2D eigenvalue weighted by Crippen LogP contribution is 2.23. The molecule has 0 saturated heterocycles. The molecule has 0 bridgehead atoms. The number of ether oxygens (including phenoxy) is 1. The third kappa shape index (κ3) is 4.18. The van der Waals surface area contributed by atoms with E-state index in [1.807, 2.05) is 6.07 Å². The minimum absolute atomic E-state index is 0.0259. The molecule has 1 aliphatic carbocycles. The lowest BCUT2D eigenvalue weighted by Gasteiger charge is -2.17. The van der Waals surface area contributed by atoms with Crippen LogP contribution in [0.15, 0.2) is 0 Å². The smallest absolute Gasteiger partial charge is 0.308 e. The fourth-order valence-electron chi connectivity index (χ4n) is 2.25. The number of rotatable bonds is 1. The fraction of sp³-hybridized carbons (Fsp3) is 0.769. The zero-order valence-corrected chi connectivity index (χ0v) is 10.3. The number of carbonyl (C=O) groups excluding carboxylic acids is 2. The first-order valence-corrected chi connectivity index (χ1v) is 6.19. The molecule has 1 fully saturated rings. The highest BCUT2D eigenvalue weighted by atomic mass is 16.5. The molecule has 1 saturated carbocycles. The normalized spacial score (nSPS) is 26.9. The van der Waals surface area contributed by atoms with Crippen LogP contribution in [0.25, 0.3) is 0 Å². The molecular formula is C13H19NO3. The molecule has 0 amide bonds. The van der Waals surface area contributed by atoms with Gasteiger partial charge in [0.2, 0.25) is 0 Å².